The van der Waals surface area contributed by atoms with Gasteiger partial charge in [-0.15, -0.1) is 0 Å². The van der Waals surface area contributed by atoms with Crippen LogP contribution in [0.25, 0.3) is 11.5 Å². The molecule has 1 amide bonds. The van der Waals surface area contributed by atoms with Crippen LogP contribution in [0.2, 0.25) is 0 Å². The fourth-order valence-electron chi connectivity index (χ4n) is 3.33. The van der Waals surface area contributed by atoms with Crippen molar-refractivity contribution in [1.29, 1.82) is 0 Å². The SMILES string of the molecule is Cc1oc(-c2cnn(C)c2)nc1C(=O)N[C@H]1CCCO[C@@H]1c1nccn1C. The van der Waals surface area contributed by atoms with Gasteiger partial charge in [-0.2, -0.15) is 5.10 Å². The first kappa shape index (κ1) is 17.5. The first-order valence-corrected chi connectivity index (χ1v) is 8.89. The van der Waals surface area contributed by atoms with Crippen LogP contribution in [0.15, 0.2) is 29.2 Å². The average Bonchev–Trinajstić information content (AvgIpc) is 3.35. The van der Waals surface area contributed by atoms with Gasteiger partial charge in [-0.05, 0) is 19.8 Å². The van der Waals surface area contributed by atoms with E-state index in [1.54, 1.807) is 30.2 Å². The van der Waals surface area contributed by atoms with Gasteiger partial charge in [-0.1, -0.05) is 0 Å². The molecule has 4 rings (SSSR count). The fourth-order valence-corrected chi connectivity index (χ4v) is 3.33. The number of hydrogen-bond acceptors (Lipinski definition) is 6. The highest BCUT2D eigenvalue weighted by Crippen LogP contribution is 2.28. The van der Waals surface area contributed by atoms with Crippen molar-refractivity contribution in [3.8, 4) is 11.5 Å². The van der Waals surface area contributed by atoms with Crippen molar-refractivity contribution in [2.45, 2.75) is 31.9 Å². The summed E-state index contributed by atoms with van der Waals surface area (Å²) in [5.41, 5.74) is 1.00. The van der Waals surface area contributed by atoms with Crippen molar-refractivity contribution in [2.75, 3.05) is 6.61 Å². The molecule has 0 bridgehead atoms. The number of aryl methyl sites for hydroxylation is 3. The zero-order valence-corrected chi connectivity index (χ0v) is 15.5. The van der Waals surface area contributed by atoms with Crippen LogP contribution < -0.4 is 5.32 Å². The predicted octanol–water partition coefficient (Wildman–Crippen LogP) is 1.77. The van der Waals surface area contributed by atoms with E-state index in [1.165, 1.54) is 0 Å². The molecule has 3 aromatic heterocycles. The molecular formula is C18H22N6O3. The Balaban J connectivity index is 1.54. The number of imidazole rings is 1. The molecule has 9 nitrogen and oxygen atoms in total. The van der Waals surface area contributed by atoms with E-state index < -0.39 is 0 Å². The smallest absolute Gasteiger partial charge is 0.273 e. The third-order valence-corrected chi connectivity index (χ3v) is 4.72. The summed E-state index contributed by atoms with van der Waals surface area (Å²) in [4.78, 5) is 21.6. The highest BCUT2D eigenvalue weighted by molar-refractivity contribution is 5.93. The molecule has 0 radical (unpaired) electrons. The molecule has 1 saturated heterocycles. The molecule has 1 aliphatic heterocycles. The lowest BCUT2D eigenvalue weighted by molar-refractivity contribution is -0.0159. The van der Waals surface area contributed by atoms with E-state index >= 15 is 0 Å². The molecule has 2 atom stereocenters. The molecule has 1 aliphatic rings. The summed E-state index contributed by atoms with van der Waals surface area (Å²) >= 11 is 0. The van der Waals surface area contributed by atoms with Gasteiger partial charge in [0, 0.05) is 39.3 Å². The second-order valence-electron chi connectivity index (χ2n) is 6.74. The summed E-state index contributed by atoms with van der Waals surface area (Å²) in [5.74, 6) is 1.37. The second-order valence-corrected chi connectivity index (χ2v) is 6.74. The van der Waals surface area contributed by atoms with E-state index in [0.717, 1.165) is 24.2 Å². The normalized spacial score (nSPS) is 20.0. The number of hydrogen-bond donors (Lipinski definition) is 1. The predicted molar refractivity (Wildman–Crippen MR) is 95.8 cm³/mol. The molecule has 1 N–H and O–H groups in total. The van der Waals surface area contributed by atoms with Gasteiger partial charge in [0.05, 0.1) is 17.8 Å². The van der Waals surface area contributed by atoms with Gasteiger partial charge in [0.25, 0.3) is 5.91 Å². The van der Waals surface area contributed by atoms with E-state index in [1.807, 2.05) is 24.9 Å². The maximum Gasteiger partial charge on any atom is 0.273 e. The van der Waals surface area contributed by atoms with E-state index in [2.05, 4.69) is 20.4 Å². The Bertz CT molecular complexity index is 956. The molecule has 9 heteroatoms. The van der Waals surface area contributed by atoms with Crippen LogP contribution in [0.3, 0.4) is 0 Å². The summed E-state index contributed by atoms with van der Waals surface area (Å²) in [6.45, 7) is 2.38. The summed E-state index contributed by atoms with van der Waals surface area (Å²) in [6, 6.07) is -0.176. The van der Waals surface area contributed by atoms with E-state index in [4.69, 9.17) is 9.15 Å². The number of oxazole rings is 1. The summed E-state index contributed by atoms with van der Waals surface area (Å²) in [5, 5.41) is 7.16. The van der Waals surface area contributed by atoms with Crippen LogP contribution >= 0.6 is 0 Å². The lowest BCUT2D eigenvalue weighted by atomic mass is 10.0. The van der Waals surface area contributed by atoms with Gasteiger partial charge < -0.3 is 19.0 Å². The number of carbonyl (C=O) groups is 1. The van der Waals surface area contributed by atoms with Gasteiger partial charge in [0.1, 0.15) is 17.7 Å². The van der Waals surface area contributed by atoms with E-state index in [9.17, 15) is 4.79 Å². The van der Waals surface area contributed by atoms with Crippen molar-refractivity contribution in [2.24, 2.45) is 14.1 Å². The third kappa shape index (κ3) is 3.37. The first-order chi connectivity index (χ1) is 13.0. The molecule has 0 unspecified atom stereocenters. The monoisotopic (exact) mass is 370 g/mol. The van der Waals surface area contributed by atoms with Crippen LogP contribution in [0.4, 0.5) is 0 Å². The molecule has 0 spiro atoms. The Morgan fingerprint density at radius 1 is 1.37 bits per heavy atom. The number of amides is 1. The van der Waals surface area contributed by atoms with Crippen molar-refractivity contribution < 1.29 is 13.9 Å². The molecule has 1 fully saturated rings. The van der Waals surface area contributed by atoms with Crippen molar-refractivity contribution in [3.05, 3.63) is 42.1 Å². The van der Waals surface area contributed by atoms with Gasteiger partial charge in [0.2, 0.25) is 5.89 Å². The molecule has 142 valence electrons. The lowest BCUT2D eigenvalue weighted by Crippen LogP contribution is -2.43. The standard InChI is InChI=1S/C18H22N6O3/c1-11-14(22-18(27-11)12-9-20-24(3)10-12)17(25)21-13-5-4-8-26-15(13)16-19-6-7-23(16)2/h6-7,9-10,13,15H,4-5,8H2,1-3H3,(H,21,25)/t13-,15-/m0/s1. The summed E-state index contributed by atoms with van der Waals surface area (Å²) in [7, 11) is 3.73. The van der Waals surface area contributed by atoms with Crippen molar-refractivity contribution >= 4 is 5.91 Å². The van der Waals surface area contributed by atoms with Gasteiger partial charge in [-0.3, -0.25) is 9.48 Å². The maximum absolute atomic E-state index is 12.8. The number of ether oxygens (including phenoxy) is 1. The summed E-state index contributed by atoms with van der Waals surface area (Å²) in [6.07, 6.45) is 8.45. The highest BCUT2D eigenvalue weighted by Gasteiger charge is 2.32. The number of aromatic nitrogens is 5. The minimum atomic E-state index is -0.285. The van der Waals surface area contributed by atoms with Crippen LogP contribution in [0, 0.1) is 6.92 Å². The molecule has 3 aromatic rings. The third-order valence-electron chi connectivity index (χ3n) is 4.72. The van der Waals surface area contributed by atoms with Gasteiger partial charge in [0.15, 0.2) is 5.69 Å². The van der Waals surface area contributed by atoms with Gasteiger partial charge >= 0.3 is 0 Å². The van der Waals surface area contributed by atoms with Crippen LogP contribution in [0.1, 0.15) is 41.0 Å². The van der Waals surface area contributed by atoms with Crippen LogP contribution in [-0.4, -0.2) is 42.9 Å². The Hall–Kier alpha value is -2.94. The van der Waals surface area contributed by atoms with E-state index in [-0.39, 0.29) is 23.7 Å². The largest absolute Gasteiger partial charge is 0.440 e. The zero-order valence-electron chi connectivity index (χ0n) is 15.5. The molecule has 0 saturated carbocycles. The molecule has 4 heterocycles. The molecule has 0 aliphatic carbocycles. The number of carbonyl (C=O) groups excluding carboxylic acids is 1. The number of rotatable bonds is 4. The highest BCUT2D eigenvalue weighted by atomic mass is 16.5. The lowest BCUT2D eigenvalue weighted by Gasteiger charge is -2.31. The quantitative estimate of drug-likeness (QED) is 0.751. The molecule has 27 heavy (non-hydrogen) atoms. The molecule has 0 aromatic carbocycles. The molecular weight excluding hydrogens is 348 g/mol. The average molecular weight is 370 g/mol. The zero-order chi connectivity index (χ0) is 19.0. The number of nitrogens with zero attached hydrogens (tertiary/aromatic N) is 5. The Morgan fingerprint density at radius 3 is 2.93 bits per heavy atom. The van der Waals surface area contributed by atoms with Crippen LogP contribution in [0.5, 0.6) is 0 Å². The van der Waals surface area contributed by atoms with Crippen molar-refractivity contribution in [3.63, 3.8) is 0 Å². The Labute approximate surface area is 156 Å². The van der Waals surface area contributed by atoms with Crippen LogP contribution in [-0.2, 0) is 18.8 Å². The van der Waals surface area contributed by atoms with Gasteiger partial charge in [-0.25, -0.2) is 9.97 Å². The second kappa shape index (κ2) is 6.99. The van der Waals surface area contributed by atoms with E-state index in [0.29, 0.717) is 18.3 Å². The Morgan fingerprint density at radius 2 is 2.22 bits per heavy atom. The fraction of sp³-hybridized carbons (Fsp3) is 0.444. The summed E-state index contributed by atoms with van der Waals surface area (Å²) < 4.78 is 15.1. The maximum atomic E-state index is 12.8. The van der Waals surface area contributed by atoms with Crippen molar-refractivity contribution in [1.82, 2.24) is 29.6 Å². The first-order valence-electron chi connectivity index (χ1n) is 8.89. The topological polar surface area (TPSA) is 100 Å². The minimum Gasteiger partial charge on any atom is -0.440 e. The Kier molecular flexibility index (Phi) is 4.53. The number of nitrogens with one attached hydrogen (secondary N) is 1. The minimum absolute atomic E-state index is 0.176.